The molecule has 2 N–H and O–H groups in total. The van der Waals surface area contributed by atoms with E-state index < -0.39 is 12.2 Å². The number of ether oxygens (including phenoxy) is 1. The minimum atomic E-state index is -2.82. The Morgan fingerprint density at radius 3 is 2.50 bits per heavy atom. The molecule has 0 aliphatic carbocycles. The fourth-order valence-corrected chi connectivity index (χ4v) is 1.92. The summed E-state index contributed by atoms with van der Waals surface area (Å²) in [5.41, 5.74) is 0.114. The molecule has 0 spiro atoms. The molecule has 1 aromatic rings. The van der Waals surface area contributed by atoms with Gasteiger partial charge in [-0.15, -0.1) is 0 Å². The highest BCUT2D eigenvalue weighted by molar-refractivity contribution is 5.30. The molecule has 0 aliphatic rings. The monoisotopic (exact) mass is 287 g/mol. The molecule has 1 atom stereocenters. The predicted octanol–water partition coefficient (Wildman–Crippen LogP) is 3.49. The Bertz CT molecular complexity index is 409. The summed E-state index contributed by atoms with van der Waals surface area (Å²) in [6.07, 6.45) is 1.33. The van der Waals surface area contributed by atoms with Crippen molar-refractivity contribution >= 4 is 0 Å². The van der Waals surface area contributed by atoms with Crippen molar-refractivity contribution in [3.8, 4) is 5.75 Å². The second-order valence-corrected chi connectivity index (χ2v) is 4.99. The summed E-state index contributed by atoms with van der Waals surface area (Å²) in [6, 6.07) is 6.54. The zero-order valence-electron chi connectivity index (χ0n) is 12.2. The van der Waals surface area contributed by atoms with Gasteiger partial charge in [-0.1, -0.05) is 26.0 Å². The van der Waals surface area contributed by atoms with Crippen LogP contribution in [0.25, 0.3) is 0 Å². The van der Waals surface area contributed by atoms with Gasteiger partial charge >= 0.3 is 6.61 Å². The van der Waals surface area contributed by atoms with Gasteiger partial charge in [-0.3, -0.25) is 0 Å². The highest BCUT2D eigenvalue weighted by Gasteiger charge is 2.22. The van der Waals surface area contributed by atoms with Crippen LogP contribution in [0.5, 0.6) is 5.75 Å². The molecule has 1 aromatic carbocycles. The van der Waals surface area contributed by atoms with Gasteiger partial charge < -0.3 is 15.2 Å². The van der Waals surface area contributed by atoms with Crippen LogP contribution < -0.4 is 10.1 Å². The maximum atomic E-state index is 12.2. The number of nitrogens with one attached hydrogen (secondary N) is 1. The fraction of sp³-hybridized carbons (Fsp3) is 0.600. The highest BCUT2D eigenvalue weighted by Crippen LogP contribution is 2.22. The van der Waals surface area contributed by atoms with Crippen LogP contribution in [-0.2, 0) is 0 Å². The quantitative estimate of drug-likeness (QED) is 0.769. The van der Waals surface area contributed by atoms with E-state index in [2.05, 4.69) is 10.1 Å². The third-order valence-corrected chi connectivity index (χ3v) is 3.64. The van der Waals surface area contributed by atoms with E-state index >= 15 is 0 Å². The second kappa shape index (κ2) is 7.55. The van der Waals surface area contributed by atoms with Gasteiger partial charge in [0.15, 0.2) is 0 Å². The molecule has 0 amide bonds. The van der Waals surface area contributed by atoms with Gasteiger partial charge in [0.25, 0.3) is 0 Å². The molecule has 0 saturated carbocycles. The standard InChI is InChI=1S/C15H23F2NO2/c1-4-15(19,5-2)10-18-11(3)12-7-6-8-13(9-12)20-14(16)17/h6-9,11,14,18-19H,4-5,10H2,1-3H3. The number of hydrogen-bond acceptors (Lipinski definition) is 3. The van der Waals surface area contributed by atoms with E-state index in [1.54, 1.807) is 12.1 Å². The fourth-order valence-electron chi connectivity index (χ4n) is 1.92. The van der Waals surface area contributed by atoms with E-state index in [1.165, 1.54) is 6.07 Å². The lowest BCUT2D eigenvalue weighted by Crippen LogP contribution is -2.40. The molecule has 0 aromatic heterocycles. The molecule has 1 rings (SSSR count). The second-order valence-electron chi connectivity index (χ2n) is 4.99. The Morgan fingerprint density at radius 1 is 1.30 bits per heavy atom. The number of rotatable bonds is 8. The van der Waals surface area contributed by atoms with Crippen LogP contribution >= 0.6 is 0 Å². The topological polar surface area (TPSA) is 41.5 Å². The summed E-state index contributed by atoms with van der Waals surface area (Å²) in [7, 11) is 0. The first-order valence-corrected chi connectivity index (χ1v) is 6.90. The average molecular weight is 287 g/mol. The summed E-state index contributed by atoms with van der Waals surface area (Å²) in [5.74, 6) is 0.146. The van der Waals surface area contributed by atoms with Crippen LogP contribution in [0.15, 0.2) is 24.3 Å². The molecular weight excluding hydrogens is 264 g/mol. The third kappa shape index (κ3) is 5.06. The number of halogens is 2. The molecule has 0 radical (unpaired) electrons. The van der Waals surface area contributed by atoms with Crippen LogP contribution in [0.3, 0.4) is 0 Å². The molecule has 0 bridgehead atoms. The van der Waals surface area contributed by atoms with Crippen molar-refractivity contribution in [2.75, 3.05) is 6.54 Å². The number of benzene rings is 1. The van der Waals surface area contributed by atoms with Crippen molar-refractivity contribution < 1.29 is 18.6 Å². The SMILES string of the molecule is CCC(O)(CC)CNC(C)c1cccc(OC(F)F)c1. The minimum absolute atomic E-state index is 0.0548. The van der Waals surface area contributed by atoms with Crippen LogP contribution in [-0.4, -0.2) is 23.9 Å². The van der Waals surface area contributed by atoms with Gasteiger partial charge in [-0.25, -0.2) is 0 Å². The zero-order chi connectivity index (χ0) is 15.2. The minimum Gasteiger partial charge on any atom is -0.435 e. The predicted molar refractivity (Wildman–Crippen MR) is 75.0 cm³/mol. The highest BCUT2D eigenvalue weighted by atomic mass is 19.3. The molecule has 0 saturated heterocycles. The van der Waals surface area contributed by atoms with E-state index in [1.807, 2.05) is 26.8 Å². The Morgan fingerprint density at radius 2 is 1.95 bits per heavy atom. The van der Waals surface area contributed by atoms with Gasteiger partial charge in [0.1, 0.15) is 5.75 Å². The summed E-state index contributed by atoms with van der Waals surface area (Å²) in [4.78, 5) is 0. The first kappa shape index (κ1) is 16.9. The Labute approximate surface area is 119 Å². The van der Waals surface area contributed by atoms with Crippen molar-refractivity contribution in [3.63, 3.8) is 0 Å². The van der Waals surface area contributed by atoms with Crippen molar-refractivity contribution in [2.45, 2.75) is 51.9 Å². The van der Waals surface area contributed by atoms with Crippen molar-refractivity contribution in [3.05, 3.63) is 29.8 Å². The summed E-state index contributed by atoms with van der Waals surface area (Å²) >= 11 is 0. The van der Waals surface area contributed by atoms with Crippen LogP contribution in [0, 0.1) is 0 Å². The average Bonchev–Trinajstić information content (AvgIpc) is 2.44. The molecule has 0 aliphatic heterocycles. The molecule has 1 unspecified atom stereocenters. The lowest BCUT2D eigenvalue weighted by Gasteiger charge is -2.27. The van der Waals surface area contributed by atoms with Gasteiger partial charge in [0.05, 0.1) is 5.60 Å². The van der Waals surface area contributed by atoms with Gasteiger partial charge in [-0.05, 0) is 37.5 Å². The van der Waals surface area contributed by atoms with Gasteiger partial charge in [-0.2, -0.15) is 8.78 Å². The molecule has 114 valence electrons. The number of alkyl halides is 2. The Kier molecular flexibility index (Phi) is 6.36. The Balaban J connectivity index is 2.65. The van der Waals surface area contributed by atoms with E-state index in [0.717, 1.165) is 5.56 Å². The molecular formula is C15H23F2NO2. The maximum absolute atomic E-state index is 12.2. The first-order valence-electron chi connectivity index (χ1n) is 6.90. The van der Waals surface area contributed by atoms with Gasteiger partial charge in [0.2, 0.25) is 0 Å². The molecule has 5 heteroatoms. The Hall–Kier alpha value is -1.20. The van der Waals surface area contributed by atoms with Crippen molar-refractivity contribution in [1.82, 2.24) is 5.32 Å². The summed E-state index contributed by atoms with van der Waals surface area (Å²) < 4.78 is 28.7. The van der Waals surface area contributed by atoms with E-state index in [9.17, 15) is 13.9 Å². The largest absolute Gasteiger partial charge is 0.435 e. The van der Waals surface area contributed by atoms with Crippen LogP contribution in [0.4, 0.5) is 8.78 Å². The molecule has 3 nitrogen and oxygen atoms in total. The van der Waals surface area contributed by atoms with Crippen LogP contribution in [0.1, 0.15) is 45.2 Å². The molecule has 20 heavy (non-hydrogen) atoms. The molecule has 0 fully saturated rings. The third-order valence-electron chi connectivity index (χ3n) is 3.64. The van der Waals surface area contributed by atoms with Crippen molar-refractivity contribution in [2.24, 2.45) is 0 Å². The maximum Gasteiger partial charge on any atom is 0.387 e. The van der Waals surface area contributed by atoms with Crippen LogP contribution in [0.2, 0.25) is 0 Å². The van der Waals surface area contributed by atoms with Crippen molar-refractivity contribution in [1.29, 1.82) is 0 Å². The molecule has 0 heterocycles. The number of hydrogen-bond donors (Lipinski definition) is 2. The normalized spacial score (nSPS) is 13.6. The lowest BCUT2D eigenvalue weighted by molar-refractivity contribution is -0.0499. The van der Waals surface area contributed by atoms with E-state index in [0.29, 0.717) is 19.4 Å². The lowest BCUT2D eigenvalue weighted by atomic mass is 9.96. The number of aliphatic hydroxyl groups is 1. The summed E-state index contributed by atoms with van der Waals surface area (Å²) in [6.45, 7) is 3.44. The zero-order valence-corrected chi connectivity index (χ0v) is 12.2. The van der Waals surface area contributed by atoms with Gasteiger partial charge in [0, 0.05) is 12.6 Å². The smallest absolute Gasteiger partial charge is 0.387 e. The van der Waals surface area contributed by atoms with E-state index in [4.69, 9.17) is 0 Å². The van der Waals surface area contributed by atoms with E-state index in [-0.39, 0.29) is 11.8 Å². The summed E-state index contributed by atoms with van der Waals surface area (Å²) in [5, 5.41) is 13.4. The first-order chi connectivity index (χ1) is 9.40.